The summed E-state index contributed by atoms with van der Waals surface area (Å²) in [5.41, 5.74) is 1.89. The van der Waals surface area contributed by atoms with E-state index in [0.29, 0.717) is 12.1 Å². The molecule has 2 aromatic rings. The second-order valence-corrected chi connectivity index (χ2v) is 5.79. The van der Waals surface area contributed by atoms with Gasteiger partial charge in [0.1, 0.15) is 6.26 Å². The summed E-state index contributed by atoms with van der Waals surface area (Å²) in [6.45, 7) is 5.99. The lowest BCUT2D eigenvalue weighted by molar-refractivity contribution is 0.0951. The number of carbonyl (C=O) groups is 1. The van der Waals surface area contributed by atoms with Gasteiger partial charge in [0.15, 0.2) is 0 Å². The Kier molecular flexibility index (Phi) is 5.32. The molecule has 0 bridgehead atoms. The molecule has 0 saturated carbocycles. The highest BCUT2D eigenvalue weighted by Crippen LogP contribution is 2.15. The summed E-state index contributed by atoms with van der Waals surface area (Å²) in [6.07, 6.45) is 3.95. The van der Waals surface area contributed by atoms with Gasteiger partial charge in [-0.05, 0) is 31.2 Å². The summed E-state index contributed by atoms with van der Waals surface area (Å²) in [7, 11) is 0. The molecule has 23 heavy (non-hydrogen) atoms. The van der Waals surface area contributed by atoms with Crippen LogP contribution in [0.3, 0.4) is 0 Å². The highest BCUT2D eigenvalue weighted by atomic mass is 16.3. The third-order valence-corrected chi connectivity index (χ3v) is 4.21. The van der Waals surface area contributed by atoms with E-state index in [1.54, 1.807) is 6.07 Å². The van der Waals surface area contributed by atoms with Crippen LogP contribution in [0.4, 0.5) is 5.69 Å². The molecule has 2 heterocycles. The van der Waals surface area contributed by atoms with E-state index in [0.717, 1.165) is 39.1 Å². The van der Waals surface area contributed by atoms with Crippen molar-refractivity contribution < 1.29 is 9.21 Å². The summed E-state index contributed by atoms with van der Waals surface area (Å²) >= 11 is 0. The number of benzene rings is 1. The first kappa shape index (κ1) is 15.6. The fourth-order valence-electron chi connectivity index (χ4n) is 2.87. The molecule has 1 aliphatic rings. The molecule has 1 aromatic heterocycles. The highest BCUT2D eigenvalue weighted by molar-refractivity contribution is 5.93. The van der Waals surface area contributed by atoms with Crippen LogP contribution in [0.1, 0.15) is 16.8 Å². The van der Waals surface area contributed by atoms with Gasteiger partial charge < -0.3 is 14.6 Å². The molecule has 1 aliphatic heterocycles. The molecule has 5 nitrogen and oxygen atoms in total. The Morgan fingerprint density at radius 2 is 1.87 bits per heavy atom. The molecule has 1 N–H and O–H groups in total. The third kappa shape index (κ3) is 4.36. The van der Waals surface area contributed by atoms with Gasteiger partial charge in [0.2, 0.25) is 0 Å². The largest absolute Gasteiger partial charge is 0.472 e. The number of piperazine rings is 1. The predicted molar refractivity (Wildman–Crippen MR) is 90.8 cm³/mol. The summed E-state index contributed by atoms with van der Waals surface area (Å²) in [4.78, 5) is 16.7. The Balaban J connectivity index is 1.33. The molecule has 1 fully saturated rings. The summed E-state index contributed by atoms with van der Waals surface area (Å²) < 4.78 is 4.91. The van der Waals surface area contributed by atoms with E-state index in [9.17, 15) is 4.79 Å². The normalized spacial score (nSPS) is 15.6. The first-order chi connectivity index (χ1) is 11.3. The average Bonchev–Trinajstić information content (AvgIpc) is 3.15. The van der Waals surface area contributed by atoms with Crippen LogP contribution in [0.2, 0.25) is 0 Å². The Bertz CT molecular complexity index is 590. The van der Waals surface area contributed by atoms with Crippen LogP contribution in [-0.4, -0.2) is 50.1 Å². The first-order valence-corrected chi connectivity index (χ1v) is 8.16. The number of nitrogens with one attached hydrogen (secondary N) is 1. The standard InChI is InChI=1S/C18H23N3O2/c22-18(16-7-14-23-15-16)19-8-4-9-20-10-12-21(13-11-20)17-5-2-1-3-6-17/h1-3,5-7,14-15H,4,8-13H2,(H,19,22). The van der Waals surface area contributed by atoms with E-state index in [1.807, 2.05) is 0 Å². The van der Waals surface area contributed by atoms with Gasteiger partial charge in [-0.15, -0.1) is 0 Å². The van der Waals surface area contributed by atoms with Crippen molar-refractivity contribution in [2.45, 2.75) is 6.42 Å². The molecule has 5 heteroatoms. The minimum absolute atomic E-state index is 0.0624. The van der Waals surface area contributed by atoms with Crippen molar-refractivity contribution in [2.75, 3.05) is 44.2 Å². The third-order valence-electron chi connectivity index (χ3n) is 4.21. The van der Waals surface area contributed by atoms with Gasteiger partial charge >= 0.3 is 0 Å². The number of nitrogens with zero attached hydrogens (tertiary/aromatic N) is 2. The number of para-hydroxylation sites is 1. The molecule has 0 radical (unpaired) electrons. The van der Waals surface area contributed by atoms with Gasteiger partial charge in [-0.1, -0.05) is 18.2 Å². The van der Waals surface area contributed by atoms with Crippen LogP contribution < -0.4 is 10.2 Å². The lowest BCUT2D eigenvalue weighted by atomic mass is 10.2. The number of anilines is 1. The maximum atomic E-state index is 11.8. The summed E-state index contributed by atoms with van der Waals surface area (Å²) in [5, 5.41) is 2.92. The number of furan rings is 1. The Labute approximate surface area is 136 Å². The van der Waals surface area contributed by atoms with Crippen molar-refractivity contribution in [2.24, 2.45) is 0 Å². The molecule has 3 rings (SSSR count). The number of carbonyl (C=O) groups excluding carboxylic acids is 1. The van der Waals surface area contributed by atoms with Crippen LogP contribution in [0, 0.1) is 0 Å². The van der Waals surface area contributed by atoms with Gasteiger partial charge in [0.25, 0.3) is 5.91 Å². The SMILES string of the molecule is O=C(NCCCN1CCN(c2ccccc2)CC1)c1ccoc1. The molecule has 0 unspecified atom stereocenters. The van der Waals surface area contributed by atoms with E-state index in [2.05, 4.69) is 45.4 Å². The Morgan fingerprint density at radius 3 is 2.57 bits per heavy atom. The monoisotopic (exact) mass is 313 g/mol. The van der Waals surface area contributed by atoms with Gasteiger partial charge in [-0.2, -0.15) is 0 Å². The molecule has 0 spiro atoms. The Hall–Kier alpha value is -2.27. The van der Waals surface area contributed by atoms with Gasteiger partial charge in [0.05, 0.1) is 11.8 Å². The summed E-state index contributed by atoms with van der Waals surface area (Å²) in [5.74, 6) is -0.0624. The fourth-order valence-corrected chi connectivity index (χ4v) is 2.87. The van der Waals surface area contributed by atoms with E-state index >= 15 is 0 Å². The second-order valence-electron chi connectivity index (χ2n) is 5.79. The predicted octanol–water partition coefficient (Wildman–Crippen LogP) is 2.22. The zero-order valence-corrected chi connectivity index (χ0v) is 13.3. The van der Waals surface area contributed by atoms with Crippen molar-refractivity contribution >= 4 is 11.6 Å². The van der Waals surface area contributed by atoms with Gasteiger partial charge in [0, 0.05) is 38.4 Å². The second kappa shape index (κ2) is 7.83. The lowest BCUT2D eigenvalue weighted by Crippen LogP contribution is -2.47. The van der Waals surface area contributed by atoms with E-state index in [1.165, 1.54) is 18.2 Å². The quantitative estimate of drug-likeness (QED) is 0.831. The number of hydrogen-bond acceptors (Lipinski definition) is 4. The minimum atomic E-state index is -0.0624. The maximum absolute atomic E-state index is 11.8. The van der Waals surface area contributed by atoms with Crippen LogP contribution in [0.5, 0.6) is 0 Å². The van der Waals surface area contributed by atoms with Crippen molar-refractivity contribution in [3.05, 3.63) is 54.5 Å². The molecule has 0 aliphatic carbocycles. The molecule has 1 amide bonds. The van der Waals surface area contributed by atoms with Crippen LogP contribution >= 0.6 is 0 Å². The molecule has 1 saturated heterocycles. The van der Waals surface area contributed by atoms with E-state index in [-0.39, 0.29) is 5.91 Å². The summed E-state index contributed by atoms with van der Waals surface area (Å²) in [6, 6.07) is 12.2. The topological polar surface area (TPSA) is 48.7 Å². The molecular weight excluding hydrogens is 290 g/mol. The molecular formula is C18H23N3O2. The minimum Gasteiger partial charge on any atom is -0.472 e. The number of rotatable bonds is 6. The van der Waals surface area contributed by atoms with Crippen LogP contribution in [-0.2, 0) is 0 Å². The fraction of sp³-hybridized carbons (Fsp3) is 0.389. The van der Waals surface area contributed by atoms with E-state index in [4.69, 9.17) is 4.42 Å². The van der Waals surface area contributed by atoms with Crippen molar-refractivity contribution in [1.29, 1.82) is 0 Å². The van der Waals surface area contributed by atoms with Gasteiger partial charge in [-0.3, -0.25) is 9.69 Å². The average molecular weight is 313 g/mol. The van der Waals surface area contributed by atoms with Gasteiger partial charge in [-0.25, -0.2) is 0 Å². The number of hydrogen-bond donors (Lipinski definition) is 1. The highest BCUT2D eigenvalue weighted by Gasteiger charge is 2.16. The first-order valence-electron chi connectivity index (χ1n) is 8.16. The van der Waals surface area contributed by atoms with Crippen molar-refractivity contribution in [3.8, 4) is 0 Å². The smallest absolute Gasteiger partial charge is 0.254 e. The van der Waals surface area contributed by atoms with E-state index < -0.39 is 0 Å². The molecule has 1 aromatic carbocycles. The van der Waals surface area contributed by atoms with Crippen molar-refractivity contribution in [3.63, 3.8) is 0 Å². The zero-order valence-electron chi connectivity index (χ0n) is 13.3. The maximum Gasteiger partial charge on any atom is 0.254 e. The zero-order chi connectivity index (χ0) is 15.9. The molecule has 122 valence electrons. The lowest BCUT2D eigenvalue weighted by Gasteiger charge is -2.36. The molecule has 0 atom stereocenters. The number of amides is 1. The Morgan fingerprint density at radius 1 is 1.09 bits per heavy atom. The van der Waals surface area contributed by atoms with Crippen molar-refractivity contribution in [1.82, 2.24) is 10.2 Å². The van der Waals surface area contributed by atoms with Crippen LogP contribution in [0.15, 0.2) is 53.3 Å². The van der Waals surface area contributed by atoms with Crippen LogP contribution in [0.25, 0.3) is 0 Å².